The van der Waals surface area contributed by atoms with Gasteiger partial charge in [-0.2, -0.15) is 0 Å². The van der Waals surface area contributed by atoms with Gasteiger partial charge in [0.1, 0.15) is 0 Å². The van der Waals surface area contributed by atoms with Gasteiger partial charge in [0.05, 0.1) is 19.1 Å². The van der Waals surface area contributed by atoms with Gasteiger partial charge in [-0.1, -0.05) is 0 Å². The molecule has 132 valence electrons. The van der Waals surface area contributed by atoms with Crippen LogP contribution >= 0.6 is 0 Å². The molecule has 1 aromatic carbocycles. The Kier molecular flexibility index (Phi) is 5.89. The minimum atomic E-state index is -0.857. The molecule has 1 heterocycles. The van der Waals surface area contributed by atoms with Crippen molar-refractivity contribution in [3.63, 3.8) is 0 Å². The van der Waals surface area contributed by atoms with Crippen molar-refractivity contribution in [2.75, 3.05) is 25.5 Å². The van der Waals surface area contributed by atoms with Crippen molar-refractivity contribution in [2.45, 2.75) is 32.8 Å². The number of hydrogen-bond acceptors (Lipinski definition) is 4. The number of rotatable bonds is 5. The van der Waals surface area contributed by atoms with Crippen LogP contribution in [0.15, 0.2) is 18.2 Å². The highest BCUT2D eigenvalue weighted by molar-refractivity contribution is 5.90. The molecule has 0 aliphatic carbocycles. The zero-order valence-electron chi connectivity index (χ0n) is 14.2. The molecule has 1 saturated heterocycles. The molecule has 1 aliphatic heterocycles. The summed E-state index contributed by atoms with van der Waals surface area (Å²) in [5.74, 6) is -0.219. The molecule has 2 rings (SSSR count). The molecule has 0 saturated carbocycles. The number of hydrogen-bond donors (Lipinski definition) is 2. The van der Waals surface area contributed by atoms with E-state index in [1.54, 1.807) is 18.2 Å². The van der Waals surface area contributed by atoms with E-state index in [9.17, 15) is 9.59 Å². The van der Waals surface area contributed by atoms with E-state index in [0.717, 1.165) is 0 Å². The number of amides is 2. The van der Waals surface area contributed by atoms with Gasteiger partial charge in [0.15, 0.2) is 11.5 Å². The van der Waals surface area contributed by atoms with Crippen LogP contribution in [0.1, 0.15) is 26.7 Å². The highest BCUT2D eigenvalue weighted by Crippen LogP contribution is 2.31. The molecule has 0 aromatic heterocycles. The van der Waals surface area contributed by atoms with Gasteiger partial charge in [-0.3, -0.25) is 4.79 Å². The first-order valence-corrected chi connectivity index (χ1v) is 8.04. The maximum atomic E-state index is 12.3. The summed E-state index contributed by atoms with van der Waals surface area (Å²) in [7, 11) is 1.54. The number of methoxy groups -OCH3 is 1. The number of likely N-dealkylation sites (tertiary alicyclic amines) is 1. The van der Waals surface area contributed by atoms with Gasteiger partial charge in [0.2, 0.25) is 0 Å². The number of benzene rings is 1. The smallest absolute Gasteiger partial charge is 0.321 e. The molecule has 24 heavy (non-hydrogen) atoms. The standard InChI is InChI=1S/C17H24N2O5/c1-11(2)24-14-7-6-13(9-15(14)23-3)18-17(22)19-8-4-5-12(10-19)16(20)21/h6-7,9,11-12H,4-5,8,10H2,1-3H3,(H,18,22)(H,20,21). The van der Waals surface area contributed by atoms with E-state index in [1.807, 2.05) is 13.8 Å². The number of nitrogens with one attached hydrogen (secondary N) is 1. The van der Waals surface area contributed by atoms with Crippen molar-refractivity contribution in [1.82, 2.24) is 4.90 Å². The van der Waals surface area contributed by atoms with Gasteiger partial charge in [-0.15, -0.1) is 0 Å². The van der Waals surface area contributed by atoms with E-state index < -0.39 is 11.9 Å². The van der Waals surface area contributed by atoms with Crippen molar-refractivity contribution in [1.29, 1.82) is 0 Å². The first kappa shape index (κ1) is 17.9. The molecule has 0 bridgehead atoms. The van der Waals surface area contributed by atoms with Crippen molar-refractivity contribution in [2.24, 2.45) is 5.92 Å². The van der Waals surface area contributed by atoms with Gasteiger partial charge < -0.3 is 24.8 Å². The number of carbonyl (C=O) groups is 2. The summed E-state index contributed by atoms with van der Waals surface area (Å²) < 4.78 is 10.9. The largest absolute Gasteiger partial charge is 0.493 e. The average molecular weight is 336 g/mol. The van der Waals surface area contributed by atoms with E-state index in [-0.39, 0.29) is 18.7 Å². The molecule has 1 aromatic rings. The molecule has 2 N–H and O–H groups in total. The van der Waals surface area contributed by atoms with E-state index in [1.165, 1.54) is 12.0 Å². The first-order valence-electron chi connectivity index (χ1n) is 8.04. The van der Waals surface area contributed by atoms with E-state index in [0.29, 0.717) is 36.6 Å². The van der Waals surface area contributed by atoms with Crippen molar-refractivity contribution in [3.05, 3.63) is 18.2 Å². The third-order valence-electron chi connectivity index (χ3n) is 3.84. The predicted molar refractivity (Wildman–Crippen MR) is 89.7 cm³/mol. The van der Waals surface area contributed by atoms with Crippen LogP contribution < -0.4 is 14.8 Å². The molecular formula is C17H24N2O5. The molecule has 1 atom stereocenters. The number of ether oxygens (including phenoxy) is 2. The normalized spacial score (nSPS) is 17.5. The fourth-order valence-corrected chi connectivity index (χ4v) is 2.66. The molecule has 0 radical (unpaired) electrons. The van der Waals surface area contributed by atoms with Gasteiger partial charge in [0.25, 0.3) is 0 Å². The molecule has 1 unspecified atom stereocenters. The quantitative estimate of drug-likeness (QED) is 0.863. The second-order valence-electron chi connectivity index (χ2n) is 6.09. The van der Waals surface area contributed by atoms with Gasteiger partial charge in [0, 0.05) is 24.8 Å². The van der Waals surface area contributed by atoms with Crippen LogP contribution in [0.5, 0.6) is 11.5 Å². The first-order chi connectivity index (χ1) is 11.4. The van der Waals surface area contributed by atoms with Crippen LogP contribution in [0, 0.1) is 5.92 Å². The molecule has 1 fully saturated rings. The summed E-state index contributed by atoms with van der Waals surface area (Å²) >= 11 is 0. The molecule has 0 spiro atoms. The Hall–Kier alpha value is -2.44. The topological polar surface area (TPSA) is 88.1 Å². The molecule has 7 heteroatoms. The van der Waals surface area contributed by atoms with Gasteiger partial charge >= 0.3 is 12.0 Å². The van der Waals surface area contributed by atoms with E-state index in [4.69, 9.17) is 14.6 Å². The minimum Gasteiger partial charge on any atom is -0.493 e. The van der Waals surface area contributed by atoms with Crippen LogP contribution in [0.2, 0.25) is 0 Å². The zero-order chi connectivity index (χ0) is 17.7. The van der Waals surface area contributed by atoms with Crippen LogP contribution in [0.4, 0.5) is 10.5 Å². The molecule has 1 aliphatic rings. The van der Waals surface area contributed by atoms with Crippen molar-refractivity contribution in [3.8, 4) is 11.5 Å². The highest BCUT2D eigenvalue weighted by atomic mass is 16.5. The molecule has 2 amide bonds. The Morgan fingerprint density at radius 3 is 2.71 bits per heavy atom. The Balaban J connectivity index is 2.04. The second kappa shape index (κ2) is 7.90. The fourth-order valence-electron chi connectivity index (χ4n) is 2.66. The summed E-state index contributed by atoms with van der Waals surface area (Å²) in [6.07, 6.45) is 1.31. The number of carboxylic acids is 1. The lowest BCUT2D eigenvalue weighted by atomic mass is 9.99. The third kappa shape index (κ3) is 4.53. The number of piperidine rings is 1. The Labute approximate surface area is 141 Å². The number of anilines is 1. The van der Waals surface area contributed by atoms with Crippen LogP contribution in [0.3, 0.4) is 0 Å². The van der Waals surface area contributed by atoms with Gasteiger partial charge in [-0.05, 0) is 38.8 Å². The number of carboxylic acid groups (broad SMARTS) is 1. The van der Waals surface area contributed by atoms with Crippen LogP contribution in [-0.4, -0.2) is 48.3 Å². The van der Waals surface area contributed by atoms with Crippen LogP contribution in [0.25, 0.3) is 0 Å². The monoisotopic (exact) mass is 336 g/mol. The number of aliphatic carboxylic acids is 1. The highest BCUT2D eigenvalue weighted by Gasteiger charge is 2.28. The summed E-state index contributed by atoms with van der Waals surface area (Å²) in [6, 6.07) is 4.86. The summed E-state index contributed by atoms with van der Waals surface area (Å²) in [4.78, 5) is 25.0. The van der Waals surface area contributed by atoms with E-state index in [2.05, 4.69) is 5.32 Å². The fraction of sp³-hybridized carbons (Fsp3) is 0.529. The Bertz CT molecular complexity index is 603. The average Bonchev–Trinajstić information content (AvgIpc) is 2.55. The zero-order valence-corrected chi connectivity index (χ0v) is 14.2. The minimum absolute atomic E-state index is 0.0145. The number of carbonyl (C=O) groups excluding carboxylic acids is 1. The van der Waals surface area contributed by atoms with Crippen molar-refractivity contribution >= 4 is 17.7 Å². The lowest BCUT2D eigenvalue weighted by molar-refractivity contribution is -0.143. The van der Waals surface area contributed by atoms with Gasteiger partial charge in [-0.25, -0.2) is 4.79 Å². The SMILES string of the molecule is COc1cc(NC(=O)N2CCCC(C(=O)O)C2)ccc1OC(C)C. The maximum absolute atomic E-state index is 12.3. The molecular weight excluding hydrogens is 312 g/mol. The Morgan fingerprint density at radius 1 is 1.33 bits per heavy atom. The summed E-state index contributed by atoms with van der Waals surface area (Å²) in [5.41, 5.74) is 0.574. The Morgan fingerprint density at radius 2 is 2.08 bits per heavy atom. The summed E-state index contributed by atoms with van der Waals surface area (Å²) in [6.45, 7) is 4.63. The third-order valence-corrected chi connectivity index (χ3v) is 3.84. The lowest BCUT2D eigenvalue weighted by Gasteiger charge is -2.30. The molecule has 7 nitrogen and oxygen atoms in total. The lowest BCUT2D eigenvalue weighted by Crippen LogP contribution is -2.44. The predicted octanol–water partition coefficient (Wildman–Crippen LogP) is 2.81. The maximum Gasteiger partial charge on any atom is 0.321 e. The summed E-state index contributed by atoms with van der Waals surface area (Å²) in [5, 5.41) is 11.9. The second-order valence-corrected chi connectivity index (χ2v) is 6.09. The number of nitrogens with zero attached hydrogens (tertiary/aromatic N) is 1. The number of urea groups is 1. The van der Waals surface area contributed by atoms with E-state index >= 15 is 0 Å². The van der Waals surface area contributed by atoms with Crippen molar-refractivity contribution < 1.29 is 24.2 Å². The van der Waals surface area contributed by atoms with Crippen LogP contribution in [-0.2, 0) is 4.79 Å².